The van der Waals surface area contributed by atoms with E-state index in [1.54, 1.807) is 0 Å². The van der Waals surface area contributed by atoms with E-state index in [2.05, 4.69) is 48.5 Å². The number of rotatable bonds is 1. The molecule has 0 amide bonds. The summed E-state index contributed by atoms with van der Waals surface area (Å²) in [4.78, 5) is 11.8. The molecule has 6 aliphatic rings. The van der Waals surface area contributed by atoms with Gasteiger partial charge in [0.1, 0.15) is 6.10 Å². The minimum absolute atomic E-state index is 0.0437. The molecule has 7 unspecified atom stereocenters. The van der Waals surface area contributed by atoms with Crippen LogP contribution in [0.2, 0.25) is 0 Å². The second-order valence-corrected chi connectivity index (χ2v) is 16.5. The second-order valence-electron chi connectivity index (χ2n) is 16.5. The van der Waals surface area contributed by atoms with Gasteiger partial charge in [-0.05, 0) is 115 Å². The van der Waals surface area contributed by atoms with E-state index in [4.69, 9.17) is 9.47 Å². The number of fused-ring (bicyclic) bond motifs is 5. The van der Waals surface area contributed by atoms with E-state index in [-0.39, 0.29) is 27.6 Å². The van der Waals surface area contributed by atoms with Crippen LogP contribution in [0.5, 0.6) is 0 Å². The lowest BCUT2D eigenvalue weighted by atomic mass is 9.31. The highest BCUT2D eigenvalue weighted by Gasteiger charge is 2.73. The maximum absolute atomic E-state index is 13.1. The van der Waals surface area contributed by atoms with Crippen LogP contribution in [0.15, 0.2) is 0 Å². The predicted octanol–water partition coefficient (Wildman–Crippen LogP) is 8.35. The molecule has 5 saturated carbocycles. The lowest BCUT2D eigenvalue weighted by Gasteiger charge is -2.73. The molecule has 0 aromatic carbocycles. The monoisotopic (exact) mass is 538 g/mol. The summed E-state index contributed by atoms with van der Waals surface area (Å²) in [6, 6.07) is 0. The molecule has 0 aromatic rings. The quantitative estimate of drug-likeness (QED) is 0.315. The smallest absolute Gasteiger partial charge is 0.455 e. The predicted molar refractivity (Wildman–Crippen MR) is 140 cm³/mol. The van der Waals surface area contributed by atoms with E-state index in [1.165, 1.54) is 38.5 Å². The Hall–Kier alpha value is -0.780. The number of ether oxygens (including phenoxy) is 2. The minimum atomic E-state index is -4.94. The first kappa shape index (κ1) is 27.4. The molecular weight excluding hydrogens is 489 g/mol. The molecule has 6 rings (SSSR count). The van der Waals surface area contributed by atoms with E-state index < -0.39 is 23.7 Å². The molecule has 10 atom stereocenters. The summed E-state index contributed by atoms with van der Waals surface area (Å²) in [5.41, 5.74) is 0.625. The Morgan fingerprint density at radius 1 is 0.789 bits per heavy atom. The van der Waals surface area contributed by atoms with Gasteiger partial charge in [0.15, 0.2) is 0 Å². The van der Waals surface area contributed by atoms with Gasteiger partial charge in [-0.15, -0.1) is 0 Å². The van der Waals surface area contributed by atoms with Crippen molar-refractivity contribution < 1.29 is 27.4 Å². The van der Waals surface area contributed by atoms with Crippen molar-refractivity contribution in [3.05, 3.63) is 0 Å². The molecule has 6 fully saturated rings. The summed E-state index contributed by atoms with van der Waals surface area (Å²) in [5.74, 6) is 0.0918. The van der Waals surface area contributed by atoms with Gasteiger partial charge in [-0.3, -0.25) is 0 Å². The van der Waals surface area contributed by atoms with Crippen molar-refractivity contribution >= 4 is 5.97 Å². The molecule has 0 N–H and O–H groups in total. The summed E-state index contributed by atoms with van der Waals surface area (Å²) in [6.45, 7) is 17.5. The Kier molecular flexibility index (Phi) is 5.72. The fraction of sp³-hybridized carbons (Fsp3) is 0.969. The molecule has 0 spiro atoms. The molecule has 0 aromatic heterocycles. The van der Waals surface area contributed by atoms with Gasteiger partial charge in [0.25, 0.3) is 0 Å². The molecule has 3 nitrogen and oxygen atoms in total. The molecule has 38 heavy (non-hydrogen) atoms. The van der Waals surface area contributed by atoms with Gasteiger partial charge in [0.2, 0.25) is 0 Å². The third-order valence-corrected chi connectivity index (χ3v) is 14.6. The van der Waals surface area contributed by atoms with Crippen LogP contribution >= 0.6 is 0 Å². The second kappa shape index (κ2) is 7.94. The average molecular weight is 539 g/mol. The Morgan fingerprint density at radius 3 is 2.16 bits per heavy atom. The van der Waals surface area contributed by atoms with Crippen LogP contribution in [0.4, 0.5) is 13.2 Å². The summed E-state index contributed by atoms with van der Waals surface area (Å²) in [5, 5.41) is 0. The highest BCUT2D eigenvalue weighted by molar-refractivity contribution is 5.75. The zero-order valence-electron chi connectivity index (χ0n) is 24.6. The lowest BCUT2D eigenvalue weighted by molar-refractivity contribution is -0.259. The van der Waals surface area contributed by atoms with Gasteiger partial charge in [-0.25, -0.2) is 4.79 Å². The third kappa shape index (κ3) is 3.33. The molecule has 1 aliphatic heterocycles. The van der Waals surface area contributed by atoms with Crippen molar-refractivity contribution in [2.24, 2.45) is 56.2 Å². The van der Waals surface area contributed by atoms with Gasteiger partial charge < -0.3 is 9.47 Å². The first-order chi connectivity index (χ1) is 17.4. The summed E-state index contributed by atoms with van der Waals surface area (Å²) in [6.07, 6.45) is 5.78. The first-order valence-corrected chi connectivity index (χ1v) is 15.3. The van der Waals surface area contributed by atoms with Gasteiger partial charge >= 0.3 is 12.1 Å². The SMILES string of the molecule is CC1(C)CCC23CC[C@]4(C)C(CCC5[C@@]6(C)CCC(OC(=O)C(F)(F)F)C(C)(C)C6CC[C@]54C)C2C1OC3. The topological polar surface area (TPSA) is 35.5 Å². The first-order valence-electron chi connectivity index (χ1n) is 15.3. The van der Waals surface area contributed by atoms with E-state index in [1.807, 2.05) is 0 Å². The average Bonchev–Trinajstić information content (AvgIpc) is 3.14. The van der Waals surface area contributed by atoms with Crippen molar-refractivity contribution in [3.63, 3.8) is 0 Å². The molecule has 216 valence electrons. The maximum atomic E-state index is 13.1. The van der Waals surface area contributed by atoms with Crippen LogP contribution in [0.3, 0.4) is 0 Å². The van der Waals surface area contributed by atoms with E-state index in [0.717, 1.165) is 25.9 Å². The number of halogens is 3. The van der Waals surface area contributed by atoms with Crippen molar-refractivity contribution in [1.82, 2.24) is 0 Å². The number of hydrogen-bond acceptors (Lipinski definition) is 3. The van der Waals surface area contributed by atoms with Crippen molar-refractivity contribution in [1.29, 1.82) is 0 Å². The summed E-state index contributed by atoms with van der Waals surface area (Å²) < 4.78 is 51.1. The highest BCUT2D eigenvalue weighted by Crippen LogP contribution is 2.78. The summed E-state index contributed by atoms with van der Waals surface area (Å²) >= 11 is 0. The van der Waals surface area contributed by atoms with Crippen molar-refractivity contribution in [3.8, 4) is 0 Å². The normalized spacial score (nSPS) is 52.7. The number of alkyl halides is 3. The highest BCUT2D eigenvalue weighted by atomic mass is 19.4. The van der Waals surface area contributed by atoms with Crippen molar-refractivity contribution in [2.45, 2.75) is 131 Å². The van der Waals surface area contributed by atoms with Crippen LogP contribution in [-0.4, -0.2) is 31.0 Å². The van der Waals surface area contributed by atoms with Gasteiger partial charge in [0.05, 0.1) is 12.7 Å². The van der Waals surface area contributed by atoms with E-state index in [9.17, 15) is 18.0 Å². The zero-order chi connectivity index (χ0) is 27.7. The largest absolute Gasteiger partial charge is 0.490 e. The van der Waals surface area contributed by atoms with Crippen LogP contribution in [-0.2, 0) is 14.3 Å². The van der Waals surface area contributed by atoms with Gasteiger partial charge in [0, 0.05) is 5.41 Å². The maximum Gasteiger partial charge on any atom is 0.490 e. The van der Waals surface area contributed by atoms with Gasteiger partial charge in [-0.1, -0.05) is 48.5 Å². The minimum Gasteiger partial charge on any atom is -0.455 e. The molecule has 6 heteroatoms. The number of carbonyl (C=O) groups is 1. The standard InChI is InChI=1S/C32H49F3O3/c1-26(2)14-16-31-17-15-29(6)19(23(31)24(26)37-18-31)8-9-21-28(5)12-11-22(38-25(36)32(33,34)35)27(3,4)20(28)10-13-30(21,29)7/h19-24H,8-18H2,1-7H3/t19?,20?,21?,22?,23?,24?,28-,29+,30+,31?/m0/s1. The lowest BCUT2D eigenvalue weighted by Crippen LogP contribution is -2.68. The fourth-order valence-corrected chi connectivity index (χ4v) is 12.4. The Morgan fingerprint density at radius 2 is 1.47 bits per heavy atom. The van der Waals surface area contributed by atoms with E-state index in [0.29, 0.717) is 35.7 Å². The summed E-state index contributed by atoms with van der Waals surface area (Å²) in [7, 11) is 0. The van der Waals surface area contributed by atoms with Crippen LogP contribution < -0.4 is 0 Å². The Balaban J connectivity index is 1.31. The molecular formula is C32H49F3O3. The number of carbonyl (C=O) groups excluding carboxylic acids is 1. The molecule has 0 radical (unpaired) electrons. The van der Waals surface area contributed by atoms with Crippen LogP contribution in [0.25, 0.3) is 0 Å². The third-order valence-electron chi connectivity index (χ3n) is 14.6. The van der Waals surface area contributed by atoms with Gasteiger partial charge in [-0.2, -0.15) is 13.2 Å². The van der Waals surface area contributed by atoms with Crippen molar-refractivity contribution in [2.75, 3.05) is 6.61 Å². The molecule has 1 saturated heterocycles. The van der Waals surface area contributed by atoms with E-state index >= 15 is 0 Å². The number of hydrogen-bond donors (Lipinski definition) is 0. The Labute approximate surface area is 227 Å². The molecule has 2 bridgehead atoms. The zero-order valence-corrected chi connectivity index (χ0v) is 24.6. The van der Waals surface area contributed by atoms with Crippen LogP contribution in [0, 0.1) is 56.2 Å². The molecule has 5 aliphatic carbocycles. The fourth-order valence-electron chi connectivity index (χ4n) is 12.4. The number of esters is 1. The van der Waals surface area contributed by atoms with Crippen LogP contribution in [0.1, 0.15) is 113 Å². The molecule has 1 heterocycles. The Bertz CT molecular complexity index is 1000.